The number of aryl methyl sites for hydroxylation is 1. The van der Waals surface area contributed by atoms with Gasteiger partial charge in [0.05, 0.1) is 5.71 Å². The van der Waals surface area contributed by atoms with Crippen molar-refractivity contribution in [3.05, 3.63) is 59.7 Å². The molecule has 0 saturated heterocycles. The summed E-state index contributed by atoms with van der Waals surface area (Å²) in [7, 11) is 0. The molecule has 0 radical (unpaired) electrons. The first-order chi connectivity index (χ1) is 12.4. The maximum absolute atomic E-state index is 11.9. The first-order valence-corrected chi connectivity index (χ1v) is 9.33. The van der Waals surface area contributed by atoms with E-state index in [1.165, 1.54) is 12.5 Å². The number of rotatable bonds is 7. The fourth-order valence-electron chi connectivity index (χ4n) is 2.16. The van der Waals surface area contributed by atoms with Crippen molar-refractivity contribution in [3.8, 4) is 0 Å². The highest BCUT2D eigenvalue weighted by Gasteiger charge is 2.03. The van der Waals surface area contributed by atoms with Crippen LogP contribution in [0.2, 0.25) is 0 Å². The number of benzene rings is 2. The van der Waals surface area contributed by atoms with Crippen LogP contribution >= 0.6 is 11.8 Å². The third-order valence-corrected chi connectivity index (χ3v) is 4.60. The van der Waals surface area contributed by atoms with Crippen molar-refractivity contribution in [1.29, 1.82) is 0 Å². The Balaban J connectivity index is 1.79. The molecule has 0 aliphatic rings. The number of hydrogen-bond acceptors (Lipinski definition) is 4. The van der Waals surface area contributed by atoms with Gasteiger partial charge in [-0.1, -0.05) is 29.8 Å². The lowest BCUT2D eigenvalue weighted by Gasteiger charge is -2.05. The summed E-state index contributed by atoms with van der Waals surface area (Å²) in [5.41, 5.74) is 6.13. The van der Waals surface area contributed by atoms with E-state index in [0.29, 0.717) is 17.9 Å². The molecule has 0 aromatic heterocycles. The highest BCUT2D eigenvalue weighted by atomic mass is 32.2. The molecule has 0 heterocycles. The number of amides is 2. The van der Waals surface area contributed by atoms with Crippen LogP contribution in [0.4, 0.5) is 5.69 Å². The quantitative estimate of drug-likeness (QED) is 0.441. The lowest BCUT2D eigenvalue weighted by Crippen LogP contribution is -2.19. The average Bonchev–Trinajstić information content (AvgIpc) is 2.61. The Kier molecular flexibility index (Phi) is 7.41. The largest absolute Gasteiger partial charge is 0.326 e. The zero-order valence-electron chi connectivity index (χ0n) is 15.2. The van der Waals surface area contributed by atoms with Crippen LogP contribution in [0.1, 0.15) is 31.4 Å². The van der Waals surface area contributed by atoms with E-state index in [9.17, 15) is 9.59 Å². The minimum atomic E-state index is -0.112. The number of anilines is 1. The van der Waals surface area contributed by atoms with E-state index < -0.39 is 0 Å². The lowest BCUT2D eigenvalue weighted by molar-refractivity contribution is -0.120. The Hall–Kier alpha value is -2.60. The van der Waals surface area contributed by atoms with Crippen molar-refractivity contribution in [2.24, 2.45) is 5.10 Å². The van der Waals surface area contributed by atoms with Gasteiger partial charge in [-0.25, -0.2) is 5.43 Å². The molecule has 6 heteroatoms. The molecule has 0 atom stereocenters. The third kappa shape index (κ3) is 6.72. The van der Waals surface area contributed by atoms with E-state index in [-0.39, 0.29) is 11.8 Å². The summed E-state index contributed by atoms with van der Waals surface area (Å²) in [5, 5.41) is 6.85. The van der Waals surface area contributed by atoms with Gasteiger partial charge >= 0.3 is 0 Å². The average molecular weight is 369 g/mol. The molecular formula is C20H23N3O2S. The van der Waals surface area contributed by atoms with Crippen molar-refractivity contribution in [2.45, 2.75) is 32.1 Å². The van der Waals surface area contributed by atoms with Gasteiger partial charge in [0, 0.05) is 29.7 Å². The predicted octanol–water partition coefficient (Wildman–Crippen LogP) is 3.98. The fraction of sp³-hybridized carbons (Fsp3) is 0.250. The molecule has 2 aromatic rings. The number of thioether (sulfide) groups is 1. The van der Waals surface area contributed by atoms with Crippen molar-refractivity contribution in [1.82, 2.24) is 5.43 Å². The molecule has 0 aliphatic carbocycles. The highest BCUT2D eigenvalue weighted by Crippen LogP contribution is 2.18. The molecule has 2 amide bonds. The highest BCUT2D eigenvalue weighted by molar-refractivity contribution is 7.99. The van der Waals surface area contributed by atoms with E-state index in [4.69, 9.17) is 0 Å². The Labute approximate surface area is 158 Å². The van der Waals surface area contributed by atoms with Gasteiger partial charge in [-0.3, -0.25) is 9.59 Å². The number of nitrogens with one attached hydrogen (secondary N) is 2. The van der Waals surface area contributed by atoms with E-state index >= 15 is 0 Å². The minimum Gasteiger partial charge on any atom is -0.326 e. The number of carbonyl (C=O) groups is 2. The van der Waals surface area contributed by atoms with Gasteiger partial charge in [-0.15, -0.1) is 11.8 Å². The van der Waals surface area contributed by atoms with Crippen LogP contribution < -0.4 is 10.7 Å². The van der Waals surface area contributed by atoms with Gasteiger partial charge in [0.2, 0.25) is 11.8 Å². The second-order valence-electron chi connectivity index (χ2n) is 5.90. The minimum absolute atomic E-state index is 0.112. The number of hydrazone groups is 1. The standard InChI is InChI=1S/C20H23N3O2S/c1-14-4-10-19(11-5-14)26-13-12-20(25)23-22-15(2)17-6-8-18(9-7-17)21-16(3)24/h4-11H,12-13H2,1-3H3,(H,21,24)(H,23,25)/b22-15-. The zero-order chi connectivity index (χ0) is 18.9. The van der Waals surface area contributed by atoms with Crippen molar-refractivity contribution in [2.75, 3.05) is 11.1 Å². The van der Waals surface area contributed by atoms with Crippen LogP contribution in [0.3, 0.4) is 0 Å². The Morgan fingerprint density at radius 1 is 1.00 bits per heavy atom. The summed E-state index contributed by atoms with van der Waals surface area (Å²) in [6.45, 7) is 5.34. The molecule has 5 nitrogen and oxygen atoms in total. The maximum Gasteiger partial charge on any atom is 0.240 e. The summed E-state index contributed by atoms with van der Waals surface area (Å²) in [6, 6.07) is 15.6. The maximum atomic E-state index is 11.9. The number of carbonyl (C=O) groups excluding carboxylic acids is 2. The van der Waals surface area contributed by atoms with Crippen molar-refractivity contribution >= 4 is 35.0 Å². The molecule has 0 saturated carbocycles. The molecule has 0 fully saturated rings. The van der Waals surface area contributed by atoms with E-state index in [1.54, 1.807) is 23.9 Å². The van der Waals surface area contributed by atoms with Crippen molar-refractivity contribution < 1.29 is 9.59 Å². The van der Waals surface area contributed by atoms with E-state index in [2.05, 4.69) is 47.0 Å². The van der Waals surface area contributed by atoms with Gasteiger partial charge in [0.15, 0.2) is 0 Å². The molecule has 0 unspecified atom stereocenters. The molecular weight excluding hydrogens is 346 g/mol. The first kappa shape index (κ1) is 19.7. The topological polar surface area (TPSA) is 70.6 Å². The van der Waals surface area contributed by atoms with Crippen LogP contribution in [-0.4, -0.2) is 23.3 Å². The molecule has 2 rings (SSSR count). The molecule has 0 aliphatic heterocycles. The summed E-state index contributed by atoms with van der Waals surface area (Å²) < 4.78 is 0. The van der Waals surface area contributed by atoms with Gasteiger partial charge in [0.1, 0.15) is 0 Å². The van der Waals surface area contributed by atoms with Crippen LogP contribution in [0.25, 0.3) is 0 Å². The van der Waals surface area contributed by atoms with Crippen LogP contribution in [0.5, 0.6) is 0 Å². The zero-order valence-corrected chi connectivity index (χ0v) is 16.0. The molecule has 0 spiro atoms. The summed E-state index contributed by atoms with van der Waals surface area (Å²) in [5.74, 6) is 0.479. The molecule has 2 aromatic carbocycles. The lowest BCUT2D eigenvalue weighted by atomic mass is 10.1. The number of nitrogens with zero attached hydrogens (tertiary/aromatic N) is 1. The molecule has 2 N–H and O–H groups in total. The van der Waals surface area contributed by atoms with Crippen LogP contribution in [0, 0.1) is 6.92 Å². The molecule has 26 heavy (non-hydrogen) atoms. The van der Waals surface area contributed by atoms with Gasteiger partial charge in [-0.2, -0.15) is 5.10 Å². The summed E-state index contributed by atoms with van der Waals surface area (Å²) in [4.78, 5) is 24.1. The Morgan fingerprint density at radius 2 is 1.65 bits per heavy atom. The number of hydrogen-bond donors (Lipinski definition) is 2. The second kappa shape index (κ2) is 9.77. The molecule has 0 bridgehead atoms. The Bertz CT molecular complexity index is 784. The molecule has 136 valence electrons. The van der Waals surface area contributed by atoms with Crippen molar-refractivity contribution in [3.63, 3.8) is 0 Å². The summed E-state index contributed by atoms with van der Waals surface area (Å²) >= 11 is 1.65. The SMILES string of the molecule is CC(=O)Nc1ccc(/C(C)=N\NC(=O)CCSc2ccc(C)cc2)cc1. The second-order valence-corrected chi connectivity index (χ2v) is 7.07. The monoisotopic (exact) mass is 369 g/mol. The summed E-state index contributed by atoms with van der Waals surface area (Å²) in [6.07, 6.45) is 0.400. The smallest absolute Gasteiger partial charge is 0.240 e. The first-order valence-electron chi connectivity index (χ1n) is 8.34. The van der Waals surface area contributed by atoms with E-state index in [0.717, 1.165) is 16.1 Å². The van der Waals surface area contributed by atoms with Crippen LogP contribution in [0.15, 0.2) is 58.5 Å². The predicted molar refractivity (Wildman–Crippen MR) is 108 cm³/mol. The normalized spacial score (nSPS) is 11.1. The van der Waals surface area contributed by atoms with E-state index in [1.807, 2.05) is 19.1 Å². The van der Waals surface area contributed by atoms with Gasteiger partial charge in [-0.05, 0) is 43.7 Å². The van der Waals surface area contributed by atoms with Gasteiger partial charge < -0.3 is 5.32 Å². The van der Waals surface area contributed by atoms with Crippen LogP contribution in [-0.2, 0) is 9.59 Å². The Morgan fingerprint density at radius 3 is 2.27 bits per heavy atom. The third-order valence-electron chi connectivity index (χ3n) is 3.59. The van der Waals surface area contributed by atoms with Gasteiger partial charge in [0.25, 0.3) is 0 Å². The fourth-order valence-corrected chi connectivity index (χ4v) is 3.01.